The molecule has 0 saturated carbocycles. The van der Waals surface area contributed by atoms with E-state index < -0.39 is 27.7 Å². The van der Waals surface area contributed by atoms with E-state index in [2.05, 4.69) is 20.7 Å². The molecule has 222 valence electrons. The number of fused-ring (bicyclic) bond motifs is 2. The molecule has 0 spiro atoms. The number of ether oxygens (including phenoxy) is 3. The van der Waals surface area contributed by atoms with Crippen LogP contribution in [0.4, 0.5) is 5.69 Å². The van der Waals surface area contributed by atoms with Gasteiger partial charge < -0.3 is 14.2 Å². The van der Waals surface area contributed by atoms with Crippen LogP contribution in [0.2, 0.25) is 0 Å². The highest BCUT2D eigenvalue weighted by atomic mass is 79.9. The Balaban J connectivity index is 1.42. The molecule has 1 heterocycles. The summed E-state index contributed by atoms with van der Waals surface area (Å²) in [5.41, 5.74) is 0.997. The van der Waals surface area contributed by atoms with Crippen LogP contribution in [-0.2, 0) is 21.2 Å². The maximum atomic E-state index is 13.8. The fourth-order valence-electron chi connectivity index (χ4n) is 4.97. The van der Waals surface area contributed by atoms with E-state index in [1.165, 1.54) is 31.4 Å². The summed E-state index contributed by atoms with van der Waals surface area (Å²) in [5, 5.41) is 1.32. The number of hydrogen-bond donors (Lipinski definition) is 1. The zero-order valence-electron chi connectivity index (χ0n) is 23.5. The maximum absolute atomic E-state index is 13.8. The second kappa shape index (κ2) is 12.1. The third-order valence-corrected chi connectivity index (χ3v) is 8.64. The Morgan fingerprint density at radius 2 is 1.42 bits per heavy atom. The summed E-state index contributed by atoms with van der Waals surface area (Å²) in [6, 6.07) is 17.8. The molecule has 0 aliphatic carbocycles. The fraction of sp³-hybridized carbons (Fsp3) is 0.194. The first-order chi connectivity index (χ1) is 20.6. The lowest BCUT2D eigenvalue weighted by molar-refractivity contribution is -0.118. The minimum absolute atomic E-state index is 0.0849. The molecule has 5 rings (SSSR count). The van der Waals surface area contributed by atoms with E-state index in [1.54, 1.807) is 32.0 Å². The number of sulfonamides is 1. The van der Waals surface area contributed by atoms with E-state index in [4.69, 9.17) is 14.2 Å². The van der Waals surface area contributed by atoms with Gasteiger partial charge in [0.15, 0.2) is 0 Å². The first-order valence-electron chi connectivity index (χ1n) is 13.3. The third kappa shape index (κ3) is 5.55. The van der Waals surface area contributed by atoms with Gasteiger partial charge in [-0.2, -0.15) is 0 Å². The van der Waals surface area contributed by atoms with E-state index in [-0.39, 0.29) is 47.1 Å². The van der Waals surface area contributed by atoms with Crippen LogP contribution >= 0.6 is 15.9 Å². The zero-order chi connectivity index (χ0) is 30.9. The molecule has 1 N–H and O–H groups in total. The molecule has 10 nitrogen and oxygen atoms in total. The molecule has 0 radical (unpaired) electrons. The second-order valence-electron chi connectivity index (χ2n) is 9.43. The van der Waals surface area contributed by atoms with Crippen molar-refractivity contribution in [1.29, 1.82) is 0 Å². The average Bonchev–Trinajstić information content (AvgIpc) is 3.24. The third-order valence-electron chi connectivity index (χ3n) is 6.75. The summed E-state index contributed by atoms with van der Waals surface area (Å²) in [7, 11) is -2.89. The molecule has 3 amide bonds. The van der Waals surface area contributed by atoms with Gasteiger partial charge in [-0.05, 0) is 49.7 Å². The lowest BCUT2D eigenvalue weighted by atomic mass is 9.99. The molecule has 0 fully saturated rings. The van der Waals surface area contributed by atoms with Crippen molar-refractivity contribution in [1.82, 2.24) is 4.72 Å². The van der Waals surface area contributed by atoms with Gasteiger partial charge in [-0.1, -0.05) is 52.3 Å². The van der Waals surface area contributed by atoms with Crippen molar-refractivity contribution >= 4 is 60.1 Å². The molecule has 0 unspecified atom stereocenters. The number of amides is 3. The van der Waals surface area contributed by atoms with Gasteiger partial charge in [-0.3, -0.25) is 14.4 Å². The summed E-state index contributed by atoms with van der Waals surface area (Å²) < 4.78 is 45.2. The Labute approximate surface area is 256 Å². The first kappa shape index (κ1) is 30.1. The van der Waals surface area contributed by atoms with Gasteiger partial charge in [-0.25, -0.2) is 18.0 Å². The Morgan fingerprint density at radius 3 is 1.93 bits per heavy atom. The number of benzene rings is 4. The highest BCUT2D eigenvalue weighted by Gasteiger charge is 2.43. The molecule has 0 aromatic heterocycles. The van der Waals surface area contributed by atoms with Gasteiger partial charge in [0.25, 0.3) is 21.8 Å². The van der Waals surface area contributed by atoms with Gasteiger partial charge >= 0.3 is 0 Å². The van der Waals surface area contributed by atoms with Crippen LogP contribution in [0.15, 0.2) is 76.1 Å². The smallest absolute Gasteiger partial charge is 0.270 e. The summed E-state index contributed by atoms with van der Waals surface area (Å²) >= 11 is 3.23. The van der Waals surface area contributed by atoms with Crippen molar-refractivity contribution in [3.63, 3.8) is 0 Å². The van der Waals surface area contributed by atoms with Crippen LogP contribution in [0.3, 0.4) is 0 Å². The van der Waals surface area contributed by atoms with E-state index in [9.17, 15) is 22.8 Å². The number of rotatable bonds is 10. The van der Waals surface area contributed by atoms with E-state index >= 15 is 0 Å². The fourth-order valence-corrected chi connectivity index (χ4v) is 6.67. The molecule has 4 aromatic rings. The number of anilines is 1. The van der Waals surface area contributed by atoms with Gasteiger partial charge in [0.05, 0.1) is 43.6 Å². The van der Waals surface area contributed by atoms with Gasteiger partial charge in [-0.15, -0.1) is 0 Å². The summed E-state index contributed by atoms with van der Waals surface area (Å²) in [5.74, 6) is -1.18. The predicted molar refractivity (Wildman–Crippen MR) is 164 cm³/mol. The normalized spacial score (nSPS) is 12.8. The Hall–Kier alpha value is -4.42. The molecule has 0 bridgehead atoms. The van der Waals surface area contributed by atoms with E-state index in [0.717, 1.165) is 4.90 Å². The molecule has 1 aliphatic heterocycles. The van der Waals surface area contributed by atoms with Crippen molar-refractivity contribution in [2.75, 3.05) is 25.2 Å². The number of hydrogen-bond acceptors (Lipinski definition) is 8. The van der Waals surface area contributed by atoms with Crippen molar-refractivity contribution in [2.24, 2.45) is 0 Å². The monoisotopic (exact) mass is 666 g/mol. The maximum Gasteiger partial charge on any atom is 0.270 e. The molecule has 4 aromatic carbocycles. The largest absolute Gasteiger partial charge is 0.495 e. The molecule has 1 aliphatic rings. The molecule has 12 heteroatoms. The molecule has 0 atom stereocenters. The highest BCUT2D eigenvalue weighted by Crippen LogP contribution is 2.46. The first-order valence-corrected chi connectivity index (χ1v) is 15.6. The number of carbonyl (C=O) groups is 3. The molecule has 43 heavy (non-hydrogen) atoms. The summed E-state index contributed by atoms with van der Waals surface area (Å²) in [4.78, 5) is 41.1. The van der Waals surface area contributed by atoms with Crippen LogP contribution < -0.4 is 23.8 Å². The van der Waals surface area contributed by atoms with Crippen LogP contribution in [0.5, 0.6) is 17.2 Å². The highest BCUT2D eigenvalue weighted by molar-refractivity contribution is 9.10. The standard InChI is InChI=1S/C31H27BrN2O8S/c1-4-41-28-21-8-6-7-9-22(21)29(42-5-2)27-26(28)30(36)34(31(27)37)20-13-10-18(11-14-20)16-25(35)33-43(38,39)24-17-19(32)12-15-23(24)40-3/h6-15,17H,4-5,16H2,1-3H3,(H,33,35). The van der Waals surface area contributed by atoms with Gasteiger partial charge in [0.1, 0.15) is 22.1 Å². The van der Waals surface area contributed by atoms with Crippen LogP contribution in [0.25, 0.3) is 10.8 Å². The van der Waals surface area contributed by atoms with E-state index in [0.29, 0.717) is 32.3 Å². The summed E-state index contributed by atoms with van der Waals surface area (Å²) in [6.07, 6.45) is -0.272. The lowest BCUT2D eigenvalue weighted by Crippen LogP contribution is -2.32. The van der Waals surface area contributed by atoms with Crippen molar-refractivity contribution in [2.45, 2.75) is 25.2 Å². The molecular weight excluding hydrogens is 640 g/mol. The van der Waals surface area contributed by atoms with Gasteiger partial charge in [0.2, 0.25) is 5.91 Å². The number of methoxy groups -OCH3 is 1. The van der Waals surface area contributed by atoms with Crippen molar-refractivity contribution in [3.05, 3.63) is 87.9 Å². The average molecular weight is 668 g/mol. The number of nitrogens with zero attached hydrogens (tertiary/aromatic N) is 1. The van der Waals surface area contributed by atoms with Crippen molar-refractivity contribution in [3.8, 4) is 17.2 Å². The number of imide groups is 1. The van der Waals surface area contributed by atoms with Crippen LogP contribution in [-0.4, -0.2) is 46.5 Å². The van der Waals surface area contributed by atoms with Gasteiger partial charge in [0, 0.05) is 15.2 Å². The second-order valence-corrected chi connectivity index (χ2v) is 12.0. The predicted octanol–water partition coefficient (Wildman–Crippen LogP) is 5.26. The van der Waals surface area contributed by atoms with Crippen LogP contribution in [0, 0.1) is 0 Å². The molecular formula is C31H27BrN2O8S. The van der Waals surface area contributed by atoms with Crippen LogP contribution in [0.1, 0.15) is 40.1 Å². The number of nitrogens with one attached hydrogen (secondary N) is 1. The Morgan fingerprint density at radius 1 is 0.860 bits per heavy atom. The van der Waals surface area contributed by atoms with E-state index in [1.807, 2.05) is 24.3 Å². The van der Waals surface area contributed by atoms with Crippen molar-refractivity contribution < 1.29 is 37.0 Å². The topological polar surface area (TPSA) is 128 Å². The minimum Gasteiger partial charge on any atom is -0.495 e. The number of halogens is 1. The summed E-state index contributed by atoms with van der Waals surface area (Å²) in [6.45, 7) is 4.16. The molecule has 0 saturated heterocycles. The SMILES string of the molecule is CCOc1c2c(c(OCC)c3ccccc13)C(=O)N(c1ccc(CC(=O)NS(=O)(=O)c3cc(Br)ccc3OC)cc1)C2=O. The zero-order valence-corrected chi connectivity index (χ0v) is 25.9. The Kier molecular flexibility index (Phi) is 8.43. The quantitative estimate of drug-likeness (QED) is 0.227. The Bertz CT molecular complexity index is 1810. The minimum atomic E-state index is -4.22. The number of carbonyl (C=O) groups excluding carboxylic acids is 3. The lowest BCUT2D eigenvalue weighted by Gasteiger charge is -2.15.